The number of aliphatic imine (C=N–C) groups is 1. The monoisotopic (exact) mass is 556 g/mol. The maximum atomic E-state index is 12.8. The number of benzene rings is 1. The smallest absolute Gasteiger partial charge is 0.387 e. The summed E-state index contributed by atoms with van der Waals surface area (Å²) in [5, 5.41) is 6.48. The predicted molar refractivity (Wildman–Crippen MR) is 129 cm³/mol. The molecule has 2 N–H and O–H groups in total. The van der Waals surface area contributed by atoms with Gasteiger partial charge in [-0.15, -0.1) is 24.0 Å². The van der Waals surface area contributed by atoms with Gasteiger partial charge in [-0.3, -0.25) is 0 Å². The van der Waals surface area contributed by atoms with E-state index in [0.29, 0.717) is 29.6 Å². The SMILES string of the molecule is CCNC(=NCc1cc2c(cc1OC(F)F)OCO2)NCCCCCCCN(C)C.I. The molecular weight excluding hydrogens is 521 g/mol. The van der Waals surface area contributed by atoms with Gasteiger partial charge < -0.3 is 29.7 Å². The molecule has 1 aromatic rings. The first-order valence-corrected chi connectivity index (χ1v) is 10.5. The molecular formula is C21H35F2IN4O3. The van der Waals surface area contributed by atoms with E-state index in [1.54, 1.807) is 6.07 Å². The number of ether oxygens (including phenoxy) is 3. The van der Waals surface area contributed by atoms with Crippen LogP contribution in [0.2, 0.25) is 0 Å². The van der Waals surface area contributed by atoms with Gasteiger partial charge in [0.15, 0.2) is 17.5 Å². The minimum Gasteiger partial charge on any atom is -0.454 e. The molecule has 31 heavy (non-hydrogen) atoms. The molecule has 0 fully saturated rings. The Morgan fingerprint density at radius 2 is 1.77 bits per heavy atom. The van der Waals surface area contributed by atoms with Crippen molar-refractivity contribution in [2.75, 3.05) is 40.5 Å². The summed E-state index contributed by atoms with van der Waals surface area (Å²) in [6.07, 6.45) is 5.89. The molecule has 0 bridgehead atoms. The minimum atomic E-state index is -2.92. The fraction of sp³-hybridized carbons (Fsp3) is 0.667. The first kappa shape index (κ1) is 27.5. The maximum absolute atomic E-state index is 12.8. The van der Waals surface area contributed by atoms with Crippen molar-refractivity contribution in [1.29, 1.82) is 0 Å². The van der Waals surface area contributed by atoms with Crippen LogP contribution in [0.5, 0.6) is 17.2 Å². The van der Waals surface area contributed by atoms with E-state index in [0.717, 1.165) is 25.9 Å². The van der Waals surface area contributed by atoms with Crippen molar-refractivity contribution in [1.82, 2.24) is 15.5 Å². The van der Waals surface area contributed by atoms with E-state index in [2.05, 4.69) is 39.4 Å². The largest absolute Gasteiger partial charge is 0.454 e. The van der Waals surface area contributed by atoms with Gasteiger partial charge in [0.05, 0.1) is 6.54 Å². The van der Waals surface area contributed by atoms with Crippen molar-refractivity contribution in [3.8, 4) is 17.2 Å². The molecule has 0 unspecified atom stereocenters. The van der Waals surface area contributed by atoms with Crippen LogP contribution in [0.4, 0.5) is 8.78 Å². The number of rotatable bonds is 13. The maximum Gasteiger partial charge on any atom is 0.387 e. The van der Waals surface area contributed by atoms with E-state index in [1.807, 2.05) is 6.92 Å². The summed E-state index contributed by atoms with van der Waals surface area (Å²) in [5.74, 6) is 1.60. The third-order valence-electron chi connectivity index (χ3n) is 4.60. The number of fused-ring (bicyclic) bond motifs is 1. The number of hydrogen-bond acceptors (Lipinski definition) is 5. The number of alkyl halides is 2. The van der Waals surface area contributed by atoms with E-state index in [-0.39, 0.29) is 43.1 Å². The number of unbranched alkanes of at least 4 members (excludes halogenated alkanes) is 4. The van der Waals surface area contributed by atoms with Crippen molar-refractivity contribution < 1.29 is 23.0 Å². The van der Waals surface area contributed by atoms with Gasteiger partial charge in [-0.2, -0.15) is 8.78 Å². The highest BCUT2D eigenvalue weighted by Crippen LogP contribution is 2.39. The number of nitrogens with zero attached hydrogens (tertiary/aromatic N) is 2. The summed E-state index contributed by atoms with van der Waals surface area (Å²) in [6, 6.07) is 3.07. The van der Waals surface area contributed by atoms with Gasteiger partial charge in [-0.05, 0) is 46.5 Å². The average molecular weight is 556 g/mol. The summed E-state index contributed by atoms with van der Waals surface area (Å²) in [7, 11) is 4.19. The Kier molecular flexibility index (Phi) is 13.5. The second-order valence-corrected chi connectivity index (χ2v) is 7.38. The molecule has 1 heterocycles. The molecule has 1 aliphatic rings. The Hall–Kier alpha value is -1.56. The van der Waals surface area contributed by atoms with Crippen LogP contribution < -0.4 is 24.8 Å². The first-order chi connectivity index (χ1) is 14.5. The van der Waals surface area contributed by atoms with Crippen LogP contribution >= 0.6 is 24.0 Å². The zero-order chi connectivity index (χ0) is 21.8. The topological polar surface area (TPSA) is 67.4 Å². The van der Waals surface area contributed by atoms with Gasteiger partial charge in [0, 0.05) is 24.7 Å². The van der Waals surface area contributed by atoms with Gasteiger partial charge >= 0.3 is 6.61 Å². The molecule has 178 valence electrons. The summed E-state index contributed by atoms with van der Waals surface area (Å²) < 4.78 is 40.8. The molecule has 0 aromatic heterocycles. The van der Waals surface area contributed by atoms with Crippen LogP contribution in [-0.2, 0) is 6.54 Å². The van der Waals surface area contributed by atoms with Crippen molar-refractivity contribution in [3.63, 3.8) is 0 Å². The fourth-order valence-corrected chi connectivity index (χ4v) is 3.09. The van der Waals surface area contributed by atoms with Crippen LogP contribution in [0.1, 0.15) is 44.6 Å². The van der Waals surface area contributed by atoms with Gasteiger partial charge in [-0.25, -0.2) is 4.99 Å². The fourth-order valence-electron chi connectivity index (χ4n) is 3.09. The number of hydrogen-bond donors (Lipinski definition) is 2. The zero-order valence-electron chi connectivity index (χ0n) is 18.6. The quantitative estimate of drug-likeness (QED) is 0.164. The second kappa shape index (κ2) is 15.3. The van der Waals surface area contributed by atoms with E-state index >= 15 is 0 Å². The molecule has 10 heteroatoms. The molecule has 0 radical (unpaired) electrons. The van der Waals surface area contributed by atoms with Gasteiger partial charge in [0.25, 0.3) is 0 Å². The number of nitrogens with one attached hydrogen (secondary N) is 2. The summed E-state index contributed by atoms with van der Waals surface area (Å²) in [5.41, 5.74) is 0.512. The normalized spacial score (nSPS) is 12.8. The highest BCUT2D eigenvalue weighted by atomic mass is 127. The van der Waals surface area contributed by atoms with Crippen LogP contribution in [0.25, 0.3) is 0 Å². The highest BCUT2D eigenvalue weighted by molar-refractivity contribution is 14.0. The summed E-state index contributed by atoms with van der Waals surface area (Å²) >= 11 is 0. The number of halogens is 3. The van der Waals surface area contributed by atoms with Crippen molar-refractivity contribution in [3.05, 3.63) is 17.7 Å². The molecule has 0 atom stereocenters. The third-order valence-corrected chi connectivity index (χ3v) is 4.60. The first-order valence-electron chi connectivity index (χ1n) is 10.5. The minimum absolute atomic E-state index is 0. The van der Waals surface area contributed by atoms with Crippen molar-refractivity contribution in [2.24, 2.45) is 4.99 Å². The van der Waals surface area contributed by atoms with Gasteiger partial charge in [-0.1, -0.05) is 19.3 Å². The van der Waals surface area contributed by atoms with Crippen LogP contribution in [-0.4, -0.2) is 58.0 Å². The lowest BCUT2D eigenvalue weighted by atomic mass is 10.1. The van der Waals surface area contributed by atoms with Crippen molar-refractivity contribution in [2.45, 2.75) is 52.2 Å². The molecule has 0 saturated carbocycles. The summed E-state index contributed by atoms with van der Waals surface area (Å²) in [6.45, 7) is 1.95. The lowest BCUT2D eigenvalue weighted by Gasteiger charge is -2.13. The molecule has 0 aliphatic carbocycles. The van der Waals surface area contributed by atoms with E-state index in [9.17, 15) is 8.78 Å². The molecule has 7 nitrogen and oxygen atoms in total. The Labute approximate surface area is 200 Å². The molecule has 1 aliphatic heterocycles. The Balaban J connectivity index is 0.00000480. The van der Waals surface area contributed by atoms with E-state index < -0.39 is 6.61 Å². The zero-order valence-corrected chi connectivity index (χ0v) is 20.9. The van der Waals surface area contributed by atoms with Crippen LogP contribution in [0.3, 0.4) is 0 Å². The lowest BCUT2D eigenvalue weighted by molar-refractivity contribution is -0.0505. The molecule has 0 saturated heterocycles. The molecule has 0 amide bonds. The van der Waals surface area contributed by atoms with E-state index in [4.69, 9.17) is 9.47 Å². The van der Waals surface area contributed by atoms with Crippen LogP contribution in [0, 0.1) is 0 Å². The highest BCUT2D eigenvalue weighted by Gasteiger charge is 2.20. The standard InChI is InChI=1S/C21H34F2N4O3.HI/c1-4-24-21(25-10-8-6-5-7-9-11-27(2)3)26-14-16-12-18-19(29-15-28-18)13-17(16)30-20(22)23;/h12-13,20H,4-11,14-15H2,1-3H3,(H2,24,25,26);1H. The lowest BCUT2D eigenvalue weighted by Crippen LogP contribution is -2.37. The van der Waals surface area contributed by atoms with Gasteiger partial charge in [0.1, 0.15) is 5.75 Å². The summed E-state index contributed by atoms with van der Waals surface area (Å²) in [4.78, 5) is 6.72. The Morgan fingerprint density at radius 1 is 1.10 bits per heavy atom. The van der Waals surface area contributed by atoms with Crippen molar-refractivity contribution >= 4 is 29.9 Å². The Morgan fingerprint density at radius 3 is 2.45 bits per heavy atom. The Bertz CT molecular complexity index is 678. The molecule has 1 aromatic carbocycles. The van der Waals surface area contributed by atoms with E-state index in [1.165, 1.54) is 25.3 Å². The van der Waals surface area contributed by atoms with Crippen LogP contribution in [0.15, 0.2) is 17.1 Å². The number of guanidine groups is 1. The average Bonchev–Trinajstić information content (AvgIpc) is 3.14. The van der Waals surface area contributed by atoms with Gasteiger partial charge in [0.2, 0.25) is 6.79 Å². The third kappa shape index (κ3) is 10.5. The molecule has 0 spiro atoms. The predicted octanol–water partition coefficient (Wildman–Crippen LogP) is 4.20. The second-order valence-electron chi connectivity index (χ2n) is 7.38. The molecule has 2 rings (SSSR count).